The first-order valence-electron chi connectivity index (χ1n) is 4.65. The van der Waals surface area contributed by atoms with Gasteiger partial charge in [-0.25, -0.2) is 0 Å². The van der Waals surface area contributed by atoms with Crippen LogP contribution in [0.3, 0.4) is 0 Å². The predicted octanol–water partition coefficient (Wildman–Crippen LogP) is -0.864. The van der Waals surface area contributed by atoms with Crippen LogP contribution in [0.1, 0.15) is 12.8 Å². The average Bonchev–Trinajstić information content (AvgIpc) is 2.23. The molecule has 1 radical (unpaired) electrons. The fourth-order valence-electron chi connectivity index (χ4n) is 0.951. The van der Waals surface area contributed by atoms with Crippen molar-refractivity contribution < 1.29 is 19.5 Å². The Labute approximate surface area is 98.0 Å². The van der Waals surface area contributed by atoms with Crippen molar-refractivity contribution >= 4 is 29.9 Å². The van der Waals surface area contributed by atoms with E-state index in [1.165, 1.54) is 6.29 Å². The van der Waals surface area contributed by atoms with Crippen LogP contribution in [0, 0.1) is 0 Å². The highest BCUT2D eigenvalue weighted by molar-refractivity contribution is 7.98. The number of hydrogen-bond donors (Lipinski definition) is 3. The predicted molar refractivity (Wildman–Crippen MR) is 60.9 cm³/mol. The number of nitrogens with two attached hydrogens (primary N) is 1. The smallest absolute Gasteiger partial charge is 0.305 e. The summed E-state index contributed by atoms with van der Waals surface area (Å²) in [5, 5.41) is 10.7. The standard InChI is InChI=1S/C9H15N2O4S/c1-16-3-2-7(10)9(15)11-6(5-12)4-8(13)14/h6-7H,2-4,10H2,1H3,(H,11,15)(H,13,14)/t6-,7-/m0/s1. The molecule has 0 fully saturated rings. The summed E-state index contributed by atoms with van der Waals surface area (Å²) in [7, 11) is 0. The summed E-state index contributed by atoms with van der Waals surface area (Å²) in [5.74, 6) is -0.974. The minimum Gasteiger partial charge on any atom is -0.481 e. The minimum absolute atomic E-state index is 0.478. The average molecular weight is 247 g/mol. The van der Waals surface area contributed by atoms with Gasteiger partial charge < -0.3 is 16.2 Å². The first-order chi connectivity index (χ1) is 7.51. The highest BCUT2D eigenvalue weighted by Gasteiger charge is 2.19. The fourth-order valence-corrected chi connectivity index (χ4v) is 1.44. The lowest BCUT2D eigenvalue weighted by atomic mass is 10.2. The third kappa shape index (κ3) is 6.41. The Balaban J connectivity index is 4.08. The third-order valence-electron chi connectivity index (χ3n) is 1.81. The molecular weight excluding hydrogens is 232 g/mol. The topological polar surface area (TPSA) is 109 Å². The van der Waals surface area contributed by atoms with Gasteiger partial charge in [0.1, 0.15) is 6.04 Å². The van der Waals surface area contributed by atoms with E-state index in [0.29, 0.717) is 6.42 Å². The van der Waals surface area contributed by atoms with Gasteiger partial charge in [-0.15, -0.1) is 0 Å². The van der Waals surface area contributed by atoms with E-state index in [4.69, 9.17) is 10.8 Å². The second-order valence-electron chi connectivity index (χ2n) is 3.16. The second kappa shape index (κ2) is 8.12. The number of amides is 1. The molecule has 0 saturated heterocycles. The van der Waals surface area contributed by atoms with E-state index in [2.05, 4.69) is 5.32 Å². The van der Waals surface area contributed by atoms with Crippen LogP contribution in [0.15, 0.2) is 0 Å². The number of carboxylic acid groups (broad SMARTS) is 1. The number of thioether (sulfide) groups is 1. The molecule has 0 unspecified atom stereocenters. The lowest BCUT2D eigenvalue weighted by Crippen LogP contribution is -2.46. The Morgan fingerprint density at radius 2 is 2.19 bits per heavy atom. The van der Waals surface area contributed by atoms with Crippen molar-refractivity contribution in [2.24, 2.45) is 5.73 Å². The minimum atomic E-state index is -1.17. The molecule has 0 heterocycles. The zero-order chi connectivity index (χ0) is 12.6. The van der Waals surface area contributed by atoms with E-state index in [1.54, 1.807) is 11.8 Å². The maximum atomic E-state index is 11.4. The number of aliphatic carboxylic acids is 1. The maximum Gasteiger partial charge on any atom is 0.305 e. The van der Waals surface area contributed by atoms with Gasteiger partial charge in [0.05, 0.1) is 12.5 Å². The van der Waals surface area contributed by atoms with Gasteiger partial charge in [0.25, 0.3) is 0 Å². The summed E-state index contributed by atoms with van der Waals surface area (Å²) >= 11 is 1.55. The van der Waals surface area contributed by atoms with Crippen LogP contribution in [0.2, 0.25) is 0 Å². The van der Waals surface area contributed by atoms with Gasteiger partial charge in [0, 0.05) is 0 Å². The third-order valence-corrected chi connectivity index (χ3v) is 2.45. The summed E-state index contributed by atoms with van der Waals surface area (Å²) in [6, 6.07) is -1.86. The van der Waals surface area contributed by atoms with Gasteiger partial charge in [0.2, 0.25) is 12.2 Å². The van der Waals surface area contributed by atoms with Crippen molar-refractivity contribution in [3.8, 4) is 0 Å². The van der Waals surface area contributed by atoms with Crippen molar-refractivity contribution in [2.45, 2.75) is 24.9 Å². The quantitative estimate of drug-likeness (QED) is 0.514. The number of carbonyl (C=O) groups excluding carboxylic acids is 2. The molecule has 0 aliphatic carbocycles. The highest BCUT2D eigenvalue weighted by Crippen LogP contribution is 1.99. The lowest BCUT2D eigenvalue weighted by Gasteiger charge is -2.14. The number of rotatable bonds is 8. The van der Waals surface area contributed by atoms with E-state index in [-0.39, 0.29) is 0 Å². The van der Waals surface area contributed by atoms with Crippen molar-refractivity contribution in [2.75, 3.05) is 12.0 Å². The molecule has 0 bridgehead atoms. The monoisotopic (exact) mass is 247 g/mol. The van der Waals surface area contributed by atoms with Crippen molar-refractivity contribution in [1.29, 1.82) is 0 Å². The van der Waals surface area contributed by atoms with E-state index < -0.39 is 30.4 Å². The molecule has 0 saturated carbocycles. The normalized spacial score (nSPS) is 13.9. The Kier molecular flexibility index (Phi) is 7.57. The SMILES string of the molecule is CSCC[C@H](N)C(=O)N[C@H]([C]=O)CC(=O)O. The Hall–Kier alpha value is -1.08. The summed E-state index contributed by atoms with van der Waals surface area (Å²) in [4.78, 5) is 32.1. The fraction of sp³-hybridized carbons (Fsp3) is 0.667. The molecule has 91 valence electrons. The first kappa shape index (κ1) is 14.9. The van der Waals surface area contributed by atoms with Crippen molar-refractivity contribution in [3.63, 3.8) is 0 Å². The maximum absolute atomic E-state index is 11.4. The zero-order valence-electron chi connectivity index (χ0n) is 8.93. The molecule has 4 N–H and O–H groups in total. The van der Waals surface area contributed by atoms with E-state index in [1.807, 2.05) is 6.26 Å². The van der Waals surface area contributed by atoms with Crippen LogP contribution >= 0.6 is 11.8 Å². The van der Waals surface area contributed by atoms with Gasteiger partial charge >= 0.3 is 5.97 Å². The van der Waals surface area contributed by atoms with Crippen molar-refractivity contribution in [3.05, 3.63) is 0 Å². The Bertz CT molecular complexity index is 260. The summed E-state index contributed by atoms with van der Waals surface area (Å²) in [5.41, 5.74) is 5.53. The molecular formula is C9H15N2O4S. The summed E-state index contributed by atoms with van der Waals surface area (Å²) in [6.07, 6.45) is 3.33. The Morgan fingerprint density at radius 1 is 1.56 bits per heavy atom. The first-order valence-corrected chi connectivity index (χ1v) is 6.05. The van der Waals surface area contributed by atoms with Gasteiger partial charge in [-0.2, -0.15) is 11.8 Å². The largest absolute Gasteiger partial charge is 0.481 e. The number of carboxylic acids is 1. The molecule has 1 amide bonds. The van der Waals surface area contributed by atoms with Crippen LogP contribution in [-0.4, -0.2) is 47.4 Å². The lowest BCUT2D eigenvalue weighted by molar-refractivity contribution is -0.137. The van der Waals surface area contributed by atoms with Gasteiger partial charge in [0.15, 0.2) is 0 Å². The molecule has 0 aromatic heterocycles. The van der Waals surface area contributed by atoms with E-state index >= 15 is 0 Å². The molecule has 0 spiro atoms. The van der Waals surface area contributed by atoms with E-state index in [0.717, 1.165) is 5.75 Å². The Morgan fingerprint density at radius 3 is 2.62 bits per heavy atom. The van der Waals surface area contributed by atoms with Gasteiger partial charge in [-0.05, 0) is 18.4 Å². The van der Waals surface area contributed by atoms with E-state index in [9.17, 15) is 14.4 Å². The van der Waals surface area contributed by atoms with Crippen LogP contribution in [0.4, 0.5) is 0 Å². The van der Waals surface area contributed by atoms with Gasteiger partial charge in [-0.1, -0.05) is 0 Å². The molecule has 0 aromatic carbocycles. The number of nitrogens with one attached hydrogen (secondary N) is 1. The molecule has 16 heavy (non-hydrogen) atoms. The molecule has 7 heteroatoms. The van der Waals surface area contributed by atoms with Crippen LogP contribution in [0.25, 0.3) is 0 Å². The van der Waals surface area contributed by atoms with Crippen LogP contribution < -0.4 is 11.1 Å². The molecule has 0 rings (SSSR count). The summed E-state index contributed by atoms with van der Waals surface area (Å²) in [6.45, 7) is 0. The second-order valence-corrected chi connectivity index (χ2v) is 4.15. The molecule has 0 aliphatic rings. The molecule has 2 atom stereocenters. The van der Waals surface area contributed by atoms with Crippen molar-refractivity contribution in [1.82, 2.24) is 5.32 Å². The summed E-state index contributed by atoms with van der Waals surface area (Å²) < 4.78 is 0. The number of carbonyl (C=O) groups is 2. The zero-order valence-corrected chi connectivity index (χ0v) is 9.75. The number of hydrogen-bond acceptors (Lipinski definition) is 5. The van der Waals surface area contributed by atoms with Crippen LogP contribution in [0.5, 0.6) is 0 Å². The molecule has 0 aliphatic heterocycles. The molecule has 6 nitrogen and oxygen atoms in total. The van der Waals surface area contributed by atoms with Gasteiger partial charge in [-0.3, -0.25) is 14.4 Å². The molecule has 0 aromatic rings. The highest BCUT2D eigenvalue weighted by atomic mass is 32.2. The van der Waals surface area contributed by atoms with Crippen LogP contribution in [-0.2, 0) is 14.4 Å².